The van der Waals surface area contributed by atoms with Gasteiger partial charge in [-0.25, -0.2) is 19.2 Å². The van der Waals surface area contributed by atoms with E-state index in [1.807, 2.05) is 30.3 Å². The van der Waals surface area contributed by atoms with Crippen LogP contribution in [0.3, 0.4) is 0 Å². The molecule has 0 saturated carbocycles. The van der Waals surface area contributed by atoms with Gasteiger partial charge < -0.3 is 10.4 Å². The van der Waals surface area contributed by atoms with E-state index in [1.54, 1.807) is 24.3 Å². The first-order valence-electron chi connectivity index (χ1n) is 12.8. The number of fused-ring (bicyclic) bond motifs is 2. The fourth-order valence-corrected chi connectivity index (χ4v) is 4.99. The summed E-state index contributed by atoms with van der Waals surface area (Å²) in [7, 11) is 0. The van der Waals surface area contributed by atoms with Crippen molar-refractivity contribution in [3.63, 3.8) is 0 Å². The fourth-order valence-electron chi connectivity index (χ4n) is 4.99. The van der Waals surface area contributed by atoms with Gasteiger partial charge in [0.1, 0.15) is 5.82 Å². The number of aryl methyl sites for hydroxylation is 2. The highest BCUT2D eigenvalue weighted by molar-refractivity contribution is 5.97. The normalized spacial score (nSPS) is 15.1. The molecule has 39 heavy (non-hydrogen) atoms. The molecule has 0 unspecified atom stereocenters. The van der Waals surface area contributed by atoms with Crippen LogP contribution in [0.5, 0.6) is 0 Å². The number of carbonyl (C=O) groups is 2. The van der Waals surface area contributed by atoms with E-state index in [1.165, 1.54) is 12.1 Å². The molecular formula is C30H26F3N3O3. The summed E-state index contributed by atoms with van der Waals surface area (Å²) < 4.78 is 41.0. The Morgan fingerprint density at radius 2 is 1.79 bits per heavy atom. The third-order valence-electron chi connectivity index (χ3n) is 6.99. The minimum atomic E-state index is -3.83. The average Bonchev–Trinajstić information content (AvgIpc) is 2.92. The third kappa shape index (κ3) is 5.77. The summed E-state index contributed by atoms with van der Waals surface area (Å²) in [5.74, 6) is -6.59. The lowest BCUT2D eigenvalue weighted by molar-refractivity contribution is -0.165. The van der Waals surface area contributed by atoms with Crippen molar-refractivity contribution in [1.29, 1.82) is 0 Å². The van der Waals surface area contributed by atoms with Crippen molar-refractivity contribution in [1.82, 2.24) is 15.3 Å². The minimum Gasteiger partial charge on any atom is -0.477 e. The molecule has 3 aromatic carbocycles. The first-order valence-corrected chi connectivity index (χ1v) is 12.8. The van der Waals surface area contributed by atoms with Crippen LogP contribution in [0.1, 0.15) is 58.9 Å². The summed E-state index contributed by atoms with van der Waals surface area (Å²) in [5.41, 5.74) is 4.83. The van der Waals surface area contributed by atoms with Gasteiger partial charge in [0.05, 0.1) is 28.5 Å². The number of aromatic nitrogens is 2. The zero-order valence-corrected chi connectivity index (χ0v) is 21.0. The number of halogens is 3. The van der Waals surface area contributed by atoms with Gasteiger partial charge in [-0.15, -0.1) is 0 Å². The Labute approximate surface area is 222 Å². The second-order valence-electron chi connectivity index (χ2n) is 9.71. The number of carboxylic acid groups (broad SMARTS) is 1. The molecule has 0 radical (unpaired) electrons. The molecule has 1 aliphatic rings. The second-order valence-corrected chi connectivity index (χ2v) is 9.71. The van der Waals surface area contributed by atoms with E-state index in [2.05, 4.69) is 10.3 Å². The monoisotopic (exact) mass is 533 g/mol. The van der Waals surface area contributed by atoms with Gasteiger partial charge in [0.25, 0.3) is 5.91 Å². The standard InChI is InChI=1S/C30H26F3N3O3/c31-21-12-13-22-19(16-21)8-4-9-23(22)36-28(37)20-11-14-24-26(17-20)34-25(10-5-15-30(32,33)29(38)39)27(35-24)18-6-2-1-3-7-18/h1-3,6-7,11-14,16-17,23H,4-5,8-10,15H2,(H,36,37)(H,38,39)/t23-/m1/s1. The Balaban J connectivity index is 1.43. The van der Waals surface area contributed by atoms with E-state index < -0.39 is 18.3 Å². The van der Waals surface area contributed by atoms with E-state index in [9.17, 15) is 22.8 Å². The van der Waals surface area contributed by atoms with Crippen molar-refractivity contribution < 1.29 is 27.9 Å². The first kappa shape index (κ1) is 26.3. The molecule has 200 valence electrons. The van der Waals surface area contributed by atoms with Crippen LogP contribution in [0.25, 0.3) is 22.3 Å². The Bertz CT molecular complexity index is 1540. The van der Waals surface area contributed by atoms with Gasteiger partial charge >= 0.3 is 11.9 Å². The van der Waals surface area contributed by atoms with Crippen LogP contribution < -0.4 is 5.32 Å². The molecule has 1 heterocycles. The highest BCUT2D eigenvalue weighted by atomic mass is 19.3. The van der Waals surface area contributed by atoms with Crippen molar-refractivity contribution in [3.05, 3.63) is 94.9 Å². The molecule has 0 aliphatic heterocycles. The largest absolute Gasteiger partial charge is 0.477 e. The molecule has 0 fully saturated rings. The minimum absolute atomic E-state index is 0.0852. The van der Waals surface area contributed by atoms with Crippen LogP contribution in [0.15, 0.2) is 66.7 Å². The Morgan fingerprint density at radius 3 is 2.56 bits per heavy atom. The molecule has 0 spiro atoms. The number of hydrogen-bond acceptors (Lipinski definition) is 4. The molecule has 6 nitrogen and oxygen atoms in total. The van der Waals surface area contributed by atoms with Gasteiger partial charge in [-0.05, 0) is 73.6 Å². The molecule has 0 saturated heterocycles. The average molecular weight is 534 g/mol. The molecule has 5 rings (SSSR count). The van der Waals surface area contributed by atoms with Gasteiger partial charge in [0.2, 0.25) is 0 Å². The lowest BCUT2D eigenvalue weighted by Crippen LogP contribution is -2.31. The predicted molar refractivity (Wildman–Crippen MR) is 140 cm³/mol. The van der Waals surface area contributed by atoms with Crippen LogP contribution in [-0.4, -0.2) is 32.9 Å². The first-order chi connectivity index (χ1) is 18.7. The topological polar surface area (TPSA) is 92.2 Å². The maximum absolute atomic E-state index is 13.7. The van der Waals surface area contributed by atoms with E-state index >= 15 is 0 Å². The molecule has 2 N–H and O–H groups in total. The molecule has 1 aliphatic carbocycles. The number of rotatable bonds is 8. The number of carboxylic acids is 1. The maximum atomic E-state index is 13.7. The zero-order chi connectivity index (χ0) is 27.6. The Kier molecular flexibility index (Phi) is 7.32. The number of amides is 1. The van der Waals surface area contributed by atoms with E-state index in [4.69, 9.17) is 10.1 Å². The Hall–Kier alpha value is -4.27. The summed E-state index contributed by atoms with van der Waals surface area (Å²) >= 11 is 0. The number of aliphatic carboxylic acids is 1. The summed E-state index contributed by atoms with van der Waals surface area (Å²) in [4.78, 5) is 33.4. The lowest BCUT2D eigenvalue weighted by atomic mass is 9.87. The van der Waals surface area contributed by atoms with Crippen molar-refractivity contribution in [3.8, 4) is 11.3 Å². The number of hydrogen-bond donors (Lipinski definition) is 2. The number of carbonyl (C=O) groups excluding carboxylic acids is 1. The van der Waals surface area contributed by atoms with Crippen LogP contribution in [0.2, 0.25) is 0 Å². The van der Waals surface area contributed by atoms with Gasteiger partial charge in [0, 0.05) is 17.5 Å². The SMILES string of the molecule is O=C(N[C@@H]1CCCc2cc(F)ccc21)c1ccc2nc(-c3ccccc3)c(CCCC(F)(F)C(=O)O)nc2c1. The number of nitrogens with one attached hydrogen (secondary N) is 1. The smallest absolute Gasteiger partial charge is 0.374 e. The van der Waals surface area contributed by atoms with Gasteiger partial charge in [-0.3, -0.25) is 4.79 Å². The quantitative estimate of drug-likeness (QED) is 0.278. The molecule has 1 amide bonds. The van der Waals surface area contributed by atoms with E-state index in [-0.39, 0.29) is 30.6 Å². The molecule has 4 aromatic rings. The lowest BCUT2D eigenvalue weighted by Gasteiger charge is -2.26. The third-order valence-corrected chi connectivity index (χ3v) is 6.99. The summed E-state index contributed by atoms with van der Waals surface area (Å²) in [6, 6.07) is 18.5. The maximum Gasteiger partial charge on any atom is 0.374 e. The van der Waals surface area contributed by atoms with Crippen molar-refractivity contribution in [2.75, 3.05) is 0 Å². The highest BCUT2D eigenvalue weighted by Crippen LogP contribution is 2.31. The molecule has 1 atom stereocenters. The molecule has 0 bridgehead atoms. The van der Waals surface area contributed by atoms with Gasteiger partial charge in [-0.2, -0.15) is 8.78 Å². The van der Waals surface area contributed by atoms with Crippen LogP contribution in [-0.2, 0) is 17.6 Å². The van der Waals surface area contributed by atoms with E-state index in [0.29, 0.717) is 28.0 Å². The summed E-state index contributed by atoms with van der Waals surface area (Å²) in [6.07, 6.45) is 1.48. The van der Waals surface area contributed by atoms with Crippen LogP contribution in [0, 0.1) is 5.82 Å². The summed E-state index contributed by atoms with van der Waals surface area (Å²) in [5, 5.41) is 11.8. The van der Waals surface area contributed by atoms with Crippen LogP contribution >= 0.6 is 0 Å². The molecule has 9 heteroatoms. The fraction of sp³-hybridized carbons (Fsp3) is 0.267. The van der Waals surface area contributed by atoms with Crippen LogP contribution in [0.4, 0.5) is 13.2 Å². The predicted octanol–water partition coefficient (Wildman–Crippen LogP) is 6.29. The van der Waals surface area contributed by atoms with Gasteiger partial charge in [0.15, 0.2) is 0 Å². The number of nitrogens with zero attached hydrogens (tertiary/aromatic N) is 2. The van der Waals surface area contributed by atoms with Crippen molar-refractivity contribution >= 4 is 22.9 Å². The Morgan fingerprint density at radius 1 is 1.00 bits per heavy atom. The molecule has 1 aromatic heterocycles. The van der Waals surface area contributed by atoms with Crippen molar-refractivity contribution in [2.24, 2.45) is 0 Å². The molecular weight excluding hydrogens is 507 g/mol. The summed E-state index contributed by atoms with van der Waals surface area (Å²) in [6.45, 7) is 0. The number of benzene rings is 3. The van der Waals surface area contributed by atoms with Crippen molar-refractivity contribution in [2.45, 2.75) is 50.5 Å². The van der Waals surface area contributed by atoms with E-state index in [0.717, 1.165) is 36.0 Å². The van der Waals surface area contributed by atoms with Gasteiger partial charge in [-0.1, -0.05) is 36.4 Å². The zero-order valence-electron chi connectivity index (χ0n) is 21.0. The highest BCUT2D eigenvalue weighted by Gasteiger charge is 2.37. The second kappa shape index (κ2) is 10.8. The number of alkyl halides is 2.